The van der Waals surface area contributed by atoms with Crippen molar-refractivity contribution in [2.45, 2.75) is 6.92 Å². The lowest BCUT2D eigenvalue weighted by molar-refractivity contribution is 0.234. The van der Waals surface area contributed by atoms with E-state index in [1.165, 1.54) is 0 Å². The van der Waals surface area contributed by atoms with E-state index in [4.69, 9.17) is 9.47 Å². The smallest absolute Gasteiger partial charge is 0.321 e. The van der Waals surface area contributed by atoms with Gasteiger partial charge in [-0.2, -0.15) is 0 Å². The first kappa shape index (κ1) is 14.7. The number of carbonyl (C=O) groups excluding carboxylic acids is 1. The molecule has 2 aromatic rings. The molecule has 110 valence electrons. The van der Waals surface area contributed by atoms with E-state index < -0.39 is 0 Å². The maximum Gasteiger partial charge on any atom is 0.321 e. The van der Waals surface area contributed by atoms with Gasteiger partial charge in [0.05, 0.1) is 12.3 Å². The second-order valence-corrected chi connectivity index (χ2v) is 4.16. The highest BCUT2D eigenvalue weighted by Gasteiger charge is 2.06. The molecule has 0 saturated carbocycles. The molecular formula is C16H18N2O3. The van der Waals surface area contributed by atoms with Gasteiger partial charge in [-0.3, -0.25) is 0 Å². The lowest BCUT2D eigenvalue weighted by atomic mass is 10.3. The highest BCUT2D eigenvalue weighted by atomic mass is 16.5. The molecule has 0 aromatic heterocycles. The first-order chi connectivity index (χ1) is 10.3. The number of amides is 2. The summed E-state index contributed by atoms with van der Waals surface area (Å²) in [4.78, 5) is 11.8. The summed E-state index contributed by atoms with van der Waals surface area (Å²) < 4.78 is 10.8. The van der Waals surface area contributed by atoms with Crippen LogP contribution in [0.25, 0.3) is 0 Å². The van der Waals surface area contributed by atoms with Gasteiger partial charge < -0.3 is 20.1 Å². The molecule has 2 amide bonds. The molecule has 0 aliphatic rings. The summed E-state index contributed by atoms with van der Waals surface area (Å²) in [5, 5.41) is 5.35. The molecule has 21 heavy (non-hydrogen) atoms. The van der Waals surface area contributed by atoms with Gasteiger partial charge in [0.1, 0.15) is 11.5 Å². The molecule has 0 fully saturated rings. The highest BCUT2D eigenvalue weighted by molar-refractivity contribution is 5.90. The SMILES string of the molecule is CCOc1ccccc1NC(=O)NCOc1ccccc1. The largest absolute Gasteiger partial charge is 0.492 e. The number of hydrogen-bond donors (Lipinski definition) is 2. The van der Waals surface area contributed by atoms with Crippen molar-refractivity contribution in [3.8, 4) is 11.5 Å². The van der Waals surface area contributed by atoms with Gasteiger partial charge >= 0.3 is 6.03 Å². The summed E-state index contributed by atoms with van der Waals surface area (Å²) in [7, 11) is 0. The van der Waals surface area contributed by atoms with E-state index in [0.717, 1.165) is 0 Å². The molecule has 2 N–H and O–H groups in total. The second-order valence-electron chi connectivity index (χ2n) is 4.16. The maximum absolute atomic E-state index is 11.8. The number of urea groups is 1. The zero-order valence-electron chi connectivity index (χ0n) is 11.8. The van der Waals surface area contributed by atoms with Crippen LogP contribution in [0.5, 0.6) is 11.5 Å². The summed E-state index contributed by atoms with van der Waals surface area (Å²) in [5.41, 5.74) is 0.622. The maximum atomic E-state index is 11.8. The predicted molar refractivity (Wildman–Crippen MR) is 81.7 cm³/mol. The van der Waals surface area contributed by atoms with Crippen molar-refractivity contribution in [2.75, 3.05) is 18.7 Å². The average Bonchev–Trinajstić information content (AvgIpc) is 2.50. The molecule has 0 saturated heterocycles. The van der Waals surface area contributed by atoms with Crippen LogP contribution in [0.1, 0.15) is 6.92 Å². The molecule has 0 atom stereocenters. The Morgan fingerprint density at radius 1 is 1.00 bits per heavy atom. The van der Waals surface area contributed by atoms with E-state index in [1.807, 2.05) is 49.4 Å². The average molecular weight is 286 g/mol. The fourth-order valence-electron chi connectivity index (χ4n) is 1.72. The lowest BCUT2D eigenvalue weighted by Gasteiger charge is -2.12. The molecular weight excluding hydrogens is 268 g/mol. The van der Waals surface area contributed by atoms with Crippen LogP contribution >= 0.6 is 0 Å². The number of carbonyl (C=O) groups is 1. The molecule has 5 heteroatoms. The van der Waals surface area contributed by atoms with Crippen molar-refractivity contribution in [3.63, 3.8) is 0 Å². The Labute approximate surface area is 123 Å². The minimum Gasteiger partial charge on any atom is -0.492 e. The molecule has 5 nitrogen and oxygen atoms in total. The van der Waals surface area contributed by atoms with Gasteiger partial charge in [0.15, 0.2) is 6.73 Å². The molecule has 0 spiro atoms. The third-order valence-electron chi connectivity index (χ3n) is 2.65. The number of rotatable bonds is 6. The van der Waals surface area contributed by atoms with Crippen LogP contribution < -0.4 is 20.1 Å². The standard InChI is InChI=1S/C16H18N2O3/c1-2-20-15-11-7-6-10-14(15)18-16(19)17-12-21-13-8-4-3-5-9-13/h3-11H,2,12H2,1H3,(H2,17,18,19). The van der Waals surface area contributed by atoms with E-state index in [1.54, 1.807) is 12.1 Å². The van der Waals surface area contributed by atoms with Gasteiger partial charge in [-0.05, 0) is 31.2 Å². The lowest BCUT2D eigenvalue weighted by Crippen LogP contribution is -2.32. The fraction of sp³-hybridized carbons (Fsp3) is 0.188. The zero-order chi connectivity index (χ0) is 14.9. The molecule has 0 aliphatic heterocycles. The minimum atomic E-state index is -0.349. The van der Waals surface area contributed by atoms with Crippen molar-refractivity contribution in [1.82, 2.24) is 5.32 Å². The molecule has 2 rings (SSSR count). The third-order valence-corrected chi connectivity index (χ3v) is 2.65. The Kier molecular flexibility index (Phi) is 5.46. The van der Waals surface area contributed by atoms with Crippen molar-refractivity contribution in [3.05, 3.63) is 54.6 Å². The van der Waals surface area contributed by atoms with E-state index in [0.29, 0.717) is 23.8 Å². The second kappa shape index (κ2) is 7.79. The summed E-state index contributed by atoms with van der Waals surface area (Å²) in [6, 6.07) is 16.2. The molecule has 0 radical (unpaired) electrons. The van der Waals surface area contributed by atoms with Crippen molar-refractivity contribution in [1.29, 1.82) is 0 Å². The number of ether oxygens (including phenoxy) is 2. The van der Waals surface area contributed by atoms with Crippen LogP contribution in [0.3, 0.4) is 0 Å². The van der Waals surface area contributed by atoms with Crippen LogP contribution in [0.2, 0.25) is 0 Å². The van der Waals surface area contributed by atoms with Gasteiger partial charge in [-0.15, -0.1) is 0 Å². The molecule has 0 bridgehead atoms. The Hall–Kier alpha value is -2.69. The number of anilines is 1. The fourth-order valence-corrected chi connectivity index (χ4v) is 1.72. The van der Waals surface area contributed by atoms with Crippen LogP contribution in [0.15, 0.2) is 54.6 Å². The molecule has 2 aromatic carbocycles. The van der Waals surface area contributed by atoms with Crippen LogP contribution in [0.4, 0.5) is 10.5 Å². The van der Waals surface area contributed by atoms with Gasteiger partial charge in [0, 0.05) is 0 Å². The van der Waals surface area contributed by atoms with Crippen LogP contribution in [-0.2, 0) is 0 Å². The van der Waals surface area contributed by atoms with Gasteiger partial charge in [-0.1, -0.05) is 30.3 Å². The Balaban J connectivity index is 1.82. The number of nitrogens with one attached hydrogen (secondary N) is 2. The first-order valence-electron chi connectivity index (χ1n) is 6.74. The quantitative estimate of drug-likeness (QED) is 0.801. The monoisotopic (exact) mass is 286 g/mol. The van der Waals surface area contributed by atoms with Crippen LogP contribution in [-0.4, -0.2) is 19.4 Å². The highest BCUT2D eigenvalue weighted by Crippen LogP contribution is 2.23. The summed E-state index contributed by atoms with van der Waals surface area (Å²) in [6.07, 6.45) is 0. The Bertz CT molecular complexity index is 573. The first-order valence-corrected chi connectivity index (χ1v) is 6.74. The normalized spacial score (nSPS) is 9.76. The van der Waals surface area contributed by atoms with E-state index >= 15 is 0 Å². The summed E-state index contributed by atoms with van der Waals surface area (Å²) in [5.74, 6) is 1.34. The molecule has 0 heterocycles. The van der Waals surface area contributed by atoms with E-state index in [9.17, 15) is 4.79 Å². The Morgan fingerprint density at radius 3 is 2.48 bits per heavy atom. The third kappa shape index (κ3) is 4.72. The van der Waals surface area contributed by atoms with Crippen molar-refractivity contribution in [2.24, 2.45) is 0 Å². The molecule has 0 unspecified atom stereocenters. The van der Waals surface area contributed by atoms with Gasteiger partial charge in [0.25, 0.3) is 0 Å². The van der Waals surface area contributed by atoms with E-state index in [2.05, 4.69) is 10.6 Å². The number of benzene rings is 2. The topological polar surface area (TPSA) is 59.6 Å². The van der Waals surface area contributed by atoms with E-state index in [-0.39, 0.29) is 12.8 Å². The Morgan fingerprint density at radius 2 is 1.71 bits per heavy atom. The van der Waals surface area contributed by atoms with Crippen LogP contribution in [0, 0.1) is 0 Å². The zero-order valence-corrected chi connectivity index (χ0v) is 11.8. The predicted octanol–water partition coefficient (Wildman–Crippen LogP) is 3.24. The van der Waals surface area contributed by atoms with Crippen molar-refractivity contribution >= 4 is 11.7 Å². The van der Waals surface area contributed by atoms with Gasteiger partial charge in [-0.25, -0.2) is 4.79 Å². The number of para-hydroxylation sites is 3. The summed E-state index contributed by atoms with van der Waals surface area (Å²) in [6.45, 7) is 2.52. The molecule has 0 aliphatic carbocycles. The minimum absolute atomic E-state index is 0.0899. The number of hydrogen-bond acceptors (Lipinski definition) is 3. The van der Waals surface area contributed by atoms with Crippen molar-refractivity contribution < 1.29 is 14.3 Å². The van der Waals surface area contributed by atoms with Gasteiger partial charge in [0.2, 0.25) is 0 Å². The summed E-state index contributed by atoms with van der Waals surface area (Å²) >= 11 is 0.